The Bertz CT molecular complexity index is 604. The third kappa shape index (κ3) is 2.93. The minimum absolute atomic E-state index is 0.0744. The molecular weight excluding hydrogens is 258 g/mol. The van der Waals surface area contributed by atoms with Crippen molar-refractivity contribution in [2.24, 2.45) is 0 Å². The van der Waals surface area contributed by atoms with Crippen LogP contribution in [0.4, 0.5) is 10.8 Å². The van der Waals surface area contributed by atoms with Crippen LogP contribution in [0.5, 0.6) is 0 Å². The number of carbonyl (C=O) groups excluding carboxylic acids is 1. The van der Waals surface area contributed by atoms with Crippen molar-refractivity contribution in [3.63, 3.8) is 0 Å². The van der Waals surface area contributed by atoms with Gasteiger partial charge in [-0.2, -0.15) is 0 Å². The van der Waals surface area contributed by atoms with Crippen LogP contribution < -0.4 is 11.1 Å². The highest BCUT2D eigenvalue weighted by Gasteiger charge is 2.26. The average Bonchev–Trinajstić information content (AvgIpc) is 3.14. The van der Waals surface area contributed by atoms with Crippen molar-refractivity contribution in [2.75, 3.05) is 11.1 Å². The van der Waals surface area contributed by atoms with E-state index in [0.29, 0.717) is 16.7 Å². The van der Waals surface area contributed by atoms with Gasteiger partial charge in [0.15, 0.2) is 5.13 Å². The van der Waals surface area contributed by atoms with Crippen molar-refractivity contribution in [3.05, 3.63) is 40.9 Å². The number of rotatable bonds is 4. The van der Waals surface area contributed by atoms with Crippen LogP contribution in [-0.2, 0) is 11.2 Å². The van der Waals surface area contributed by atoms with Gasteiger partial charge in [0.2, 0.25) is 5.91 Å². The van der Waals surface area contributed by atoms with E-state index in [4.69, 9.17) is 5.73 Å². The number of nitrogens with one attached hydrogen (secondary N) is 1. The Balaban J connectivity index is 1.62. The monoisotopic (exact) mass is 273 g/mol. The van der Waals surface area contributed by atoms with Gasteiger partial charge < -0.3 is 11.1 Å². The van der Waals surface area contributed by atoms with E-state index >= 15 is 0 Å². The van der Waals surface area contributed by atoms with Gasteiger partial charge in [0.25, 0.3) is 0 Å². The maximum atomic E-state index is 11.9. The number of carbonyl (C=O) groups is 1. The Kier molecular flexibility index (Phi) is 3.21. The number of anilines is 2. The highest BCUT2D eigenvalue weighted by Crippen LogP contribution is 2.40. The molecule has 1 heterocycles. The van der Waals surface area contributed by atoms with E-state index in [1.54, 1.807) is 6.07 Å². The zero-order valence-corrected chi connectivity index (χ0v) is 11.2. The van der Waals surface area contributed by atoms with Crippen molar-refractivity contribution < 1.29 is 4.79 Å². The molecule has 0 atom stereocenters. The van der Waals surface area contributed by atoms with Gasteiger partial charge in [0.1, 0.15) is 0 Å². The van der Waals surface area contributed by atoms with Gasteiger partial charge in [0.05, 0.1) is 12.1 Å². The molecule has 1 aliphatic rings. The molecule has 1 aromatic heterocycles. The third-order valence-electron chi connectivity index (χ3n) is 3.17. The molecule has 3 rings (SSSR count). The van der Waals surface area contributed by atoms with E-state index in [1.165, 1.54) is 24.2 Å². The Morgan fingerprint density at radius 2 is 2.21 bits per heavy atom. The maximum absolute atomic E-state index is 11.9. The second kappa shape index (κ2) is 5.01. The number of nitrogen functional groups attached to an aromatic ring is 1. The molecule has 1 aromatic carbocycles. The molecule has 0 bridgehead atoms. The summed E-state index contributed by atoms with van der Waals surface area (Å²) in [4.78, 5) is 16.4. The van der Waals surface area contributed by atoms with E-state index in [9.17, 15) is 4.79 Å². The lowest BCUT2D eigenvalue weighted by atomic mass is 10.1. The summed E-state index contributed by atoms with van der Waals surface area (Å²) in [6, 6.07) is 7.41. The summed E-state index contributed by atoms with van der Waals surface area (Å²) in [6.07, 6.45) is 2.72. The van der Waals surface area contributed by atoms with Gasteiger partial charge in [-0.3, -0.25) is 4.79 Å². The fourth-order valence-corrected chi connectivity index (χ4v) is 2.75. The summed E-state index contributed by atoms with van der Waals surface area (Å²) in [5, 5.41) is 5.55. The fraction of sp³-hybridized carbons (Fsp3) is 0.286. The summed E-state index contributed by atoms with van der Waals surface area (Å²) >= 11 is 1.49. The predicted octanol–water partition coefficient (Wildman–Crippen LogP) is 2.78. The molecule has 5 heteroatoms. The molecule has 0 spiro atoms. The van der Waals surface area contributed by atoms with Crippen molar-refractivity contribution in [1.82, 2.24) is 4.98 Å². The highest BCUT2D eigenvalue weighted by molar-refractivity contribution is 7.13. The second-order valence-electron chi connectivity index (χ2n) is 4.78. The Hall–Kier alpha value is -1.88. The standard InChI is InChI=1S/C14H15N3OS/c15-11-4-2-1-3-10(11)7-13(18)17-14-16-12(8-19-14)9-5-6-9/h1-4,8-9H,5-7,15H2,(H,16,17,18). The van der Waals surface area contributed by atoms with Crippen LogP contribution in [0.1, 0.15) is 30.0 Å². The van der Waals surface area contributed by atoms with Crippen LogP contribution in [0.25, 0.3) is 0 Å². The Morgan fingerprint density at radius 3 is 2.95 bits per heavy atom. The molecule has 0 radical (unpaired) electrons. The van der Waals surface area contributed by atoms with Gasteiger partial charge in [-0.15, -0.1) is 11.3 Å². The SMILES string of the molecule is Nc1ccccc1CC(=O)Nc1nc(C2CC2)cs1. The first-order valence-electron chi connectivity index (χ1n) is 6.31. The molecule has 1 amide bonds. The van der Waals surface area contributed by atoms with Crippen molar-refractivity contribution in [2.45, 2.75) is 25.2 Å². The van der Waals surface area contributed by atoms with Crippen molar-refractivity contribution in [3.8, 4) is 0 Å². The summed E-state index contributed by atoms with van der Waals surface area (Å²) < 4.78 is 0. The molecule has 0 aliphatic heterocycles. The first-order valence-corrected chi connectivity index (χ1v) is 7.19. The van der Waals surface area contributed by atoms with Crippen LogP contribution in [-0.4, -0.2) is 10.9 Å². The molecule has 4 nitrogen and oxygen atoms in total. The Morgan fingerprint density at radius 1 is 1.42 bits per heavy atom. The number of nitrogens with two attached hydrogens (primary N) is 1. The van der Waals surface area contributed by atoms with Crippen LogP contribution in [0.2, 0.25) is 0 Å². The topological polar surface area (TPSA) is 68.0 Å². The molecule has 0 unspecified atom stereocenters. The number of nitrogens with zero attached hydrogens (tertiary/aromatic N) is 1. The number of para-hydroxylation sites is 1. The minimum atomic E-state index is -0.0744. The van der Waals surface area contributed by atoms with E-state index in [0.717, 1.165) is 11.3 Å². The number of benzene rings is 1. The average molecular weight is 273 g/mol. The molecule has 0 saturated heterocycles. The molecule has 3 N–H and O–H groups in total. The summed E-state index contributed by atoms with van der Waals surface area (Å²) in [5.74, 6) is 0.543. The molecule has 1 fully saturated rings. The zero-order chi connectivity index (χ0) is 13.2. The van der Waals surface area contributed by atoms with Gasteiger partial charge >= 0.3 is 0 Å². The summed E-state index contributed by atoms with van der Waals surface area (Å²) in [6.45, 7) is 0. The van der Waals surface area contributed by atoms with Crippen LogP contribution in [0.15, 0.2) is 29.6 Å². The molecule has 98 valence electrons. The molecule has 1 aliphatic carbocycles. The second-order valence-corrected chi connectivity index (χ2v) is 5.63. The van der Waals surface area contributed by atoms with E-state index in [2.05, 4.69) is 10.3 Å². The summed E-state index contributed by atoms with van der Waals surface area (Å²) in [7, 11) is 0. The first-order chi connectivity index (χ1) is 9.22. The highest BCUT2D eigenvalue weighted by atomic mass is 32.1. The first kappa shape index (κ1) is 12.2. The number of amides is 1. The zero-order valence-electron chi connectivity index (χ0n) is 10.4. The molecule has 1 saturated carbocycles. The lowest BCUT2D eigenvalue weighted by molar-refractivity contribution is -0.115. The van der Waals surface area contributed by atoms with Gasteiger partial charge in [0, 0.05) is 17.0 Å². The third-order valence-corrected chi connectivity index (χ3v) is 3.95. The number of hydrogen-bond donors (Lipinski definition) is 2. The predicted molar refractivity (Wildman–Crippen MR) is 77.3 cm³/mol. The number of aromatic nitrogens is 1. The summed E-state index contributed by atoms with van der Waals surface area (Å²) in [5.41, 5.74) is 8.43. The van der Waals surface area contributed by atoms with Crippen LogP contribution in [0.3, 0.4) is 0 Å². The van der Waals surface area contributed by atoms with Crippen molar-refractivity contribution in [1.29, 1.82) is 0 Å². The van der Waals surface area contributed by atoms with Gasteiger partial charge in [-0.25, -0.2) is 4.98 Å². The van der Waals surface area contributed by atoms with E-state index in [1.807, 2.05) is 23.6 Å². The number of hydrogen-bond acceptors (Lipinski definition) is 4. The van der Waals surface area contributed by atoms with Crippen LogP contribution >= 0.6 is 11.3 Å². The maximum Gasteiger partial charge on any atom is 0.230 e. The number of thiazole rings is 1. The normalized spacial score (nSPS) is 14.3. The van der Waals surface area contributed by atoms with E-state index in [-0.39, 0.29) is 12.3 Å². The molecule has 19 heavy (non-hydrogen) atoms. The lowest BCUT2D eigenvalue weighted by Crippen LogP contribution is -2.15. The smallest absolute Gasteiger partial charge is 0.230 e. The van der Waals surface area contributed by atoms with Crippen LogP contribution in [0, 0.1) is 0 Å². The van der Waals surface area contributed by atoms with Crippen molar-refractivity contribution >= 4 is 28.1 Å². The minimum Gasteiger partial charge on any atom is -0.398 e. The molecule has 2 aromatic rings. The van der Waals surface area contributed by atoms with Gasteiger partial charge in [-0.1, -0.05) is 18.2 Å². The Labute approximate surface area is 115 Å². The largest absolute Gasteiger partial charge is 0.398 e. The molecular formula is C14H15N3OS. The van der Waals surface area contributed by atoms with E-state index < -0.39 is 0 Å². The quantitative estimate of drug-likeness (QED) is 0.842. The van der Waals surface area contributed by atoms with Gasteiger partial charge in [-0.05, 0) is 24.5 Å². The lowest BCUT2D eigenvalue weighted by Gasteiger charge is -2.04. The fourth-order valence-electron chi connectivity index (χ4n) is 1.94.